The number of carbonyl (C=O) groups excluding carboxylic acids is 2. The third-order valence-electron chi connectivity index (χ3n) is 3.10. The van der Waals surface area contributed by atoms with Crippen LogP contribution in [0.2, 0.25) is 0 Å². The summed E-state index contributed by atoms with van der Waals surface area (Å²) >= 11 is 0. The van der Waals surface area contributed by atoms with E-state index in [1.165, 1.54) is 0 Å². The summed E-state index contributed by atoms with van der Waals surface area (Å²) in [5.74, 6) is 0.0128. The Balaban J connectivity index is 2.63. The largest absolute Gasteiger partial charge is 0.342 e. The third-order valence-corrected chi connectivity index (χ3v) is 3.10. The molecule has 17 heavy (non-hydrogen) atoms. The van der Waals surface area contributed by atoms with Crippen LogP contribution in [-0.4, -0.2) is 47.8 Å². The minimum absolute atomic E-state index is 0.0831. The minimum Gasteiger partial charge on any atom is -0.342 e. The Kier molecular flexibility index (Phi) is 4.73. The predicted octanol–water partition coefficient (Wildman–Crippen LogP) is 1.28. The van der Waals surface area contributed by atoms with Gasteiger partial charge in [-0.15, -0.1) is 0 Å². The molecule has 0 spiro atoms. The fraction of sp³-hybridized carbons (Fsp3) is 0.692. The van der Waals surface area contributed by atoms with Crippen molar-refractivity contribution in [3.05, 3.63) is 12.2 Å². The number of carbonyl (C=O) groups is 2. The lowest BCUT2D eigenvalue weighted by Crippen LogP contribution is -2.38. The molecule has 1 rings (SSSR count). The van der Waals surface area contributed by atoms with Gasteiger partial charge in [-0.2, -0.15) is 0 Å². The lowest BCUT2D eigenvalue weighted by atomic mass is 10.1. The second-order valence-electron chi connectivity index (χ2n) is 4.64. The van der Waals surface area contributed by atoms with Crippen molar-refractivity contribution in [1.82, 2.24) is 9.80 Å². The van der Waals surface area contributed by atoms with Gasteiger partial charge in [0.2, 0.25) is 11.8 Å². The molecule has 1 heterocycles. The number of hydrogen-bond acceptors (Lipinski definition) is 2. The van der Waals surface area contributed by atoms with E-state index >= 15 is 0 Å². The predicted molar refractivity (Wildman–Crippen MR) is 67.4 cm³/mol. The lowest BCUT2D eigenvalue weighted by molar-refractivity contribution is -0.135. The first-order valence-electron chi connectivity index (χ1n) is 6.20. The molecule has 1 fully saturated rings. The van der Waals surface area contributed by atoms with Crippen LogP contribution in [0.3, 0.4) is 0 Å². The average Bonchev–Trinajstić information content (AvgIpc) is 2.66. The van der Waals surface area contributed by atoms with Crippen molar-refractivity contribution < 1.29 is 9.59 Å². The molecule has 0 bridgehead atoms. The highest BCUT2D eigenvalue weighted by Crippen LogP contribution is 2.20. The van der Waals surface area contributed by atoms with Gasteiger partial charge in [0.25, 0.3) is 0 Å². The Morgan fingerprint density at radius 2 is 2.18 bits per heavy atom. The highest BCUT2D eigenvalue weighted by Gasteiger charge is 2.35. The van der Waals surface area contributed by atoms with Gasteiger partial charge < -0.3 is 9.80 Å². The summed E-state index contributed by atoms with van der Waals surface area (Å²) in [5.41, 5.74) is 0.969. The van der Waals surface area contributed by atoms with E-state index in [0.29, 0.717) is 32.6 Å². The van der Waals surface area contributed by atoms with Gasteiger partial charge in [0.05, 0.1) is 5.92 Å². The molecule has 0 aromatic carbocycles. The van der Waals surface area contributed by atoms with E-state index in [1.807, 2.05) is 20.8 Å². The first-order valence-corrected chi connectivity index (χ1v) is 6.20. The van der Waals surface area contributed by atoms with Crippen LogP contribution >= 0.6 is 0 Å². The highest BCUT2D eigenvalue weighted by atomic mass is 16.2. The van der Waals surface area contributed by atoms with E-state index in [0.717, 1.165) is 5.57 Å². The smallest absolute Gasteiger partial charge is 0.228 e. The van der Waals surface area contributed by atoms with E-state index in [1.54, 1.807) is 9.80 Å². The molecule has 0 aromatic rings. The summed E-state index contributed by atoms with van der Waals surface area (Å²) in [6.45, 7) is 12.2. The van der Waals surface area contributed by atoms with E-state index in [-0.39, 0.29) is 17.7 Å². The number of nitrogens with zero attached hydrogens (tertiary/aromatic N) is 2. The zero-order valence-electron chi connectivity index (χ0n) is 11.0. The Bertz CT molecular complexity index is 325. The number of rotatable bonds is 5. The fourth-order valence-corrected chi connectivity index (χ4v) is 2.17. The number of likely N-dealkylation sites (N-methyl/N-ethyl adjacent to an activating group) is 1. The molecular weight excluding hydrogens is 216 g/mol. The summed E-state index contributed by atoms with van der Waals surface area (Å²) in [7, 11) is 0. The van der Waals surface area contributed by atoms with Crippen LogP contribution in [0.15, 0.2) is 12.2 Å². The number of hydrogen-bond donors (Lipinski definition) is 0. The second-order valence-corrected chi connectivity index (χ2v) is 4.64. The lowest BCUT2D eigenvalue weighted by Gasteiger charge is -2.24. The number of likely N-dealkylation sites (tertiary alicyclic amines) is 1. The van der Waals surface area contributed by atoms with Gasteiger partial charge in [0.1, 0.15) is 0 Å². The minimum atomic E-state index is -0.165. The Hall–Kier alpha value is -1.32. The molecule has 0 aromatic heterocycles. The van der Waals surface area contributed by atoms with Crippen molar-refractivity contribution in [1.29, 1.82) is 0 Å². The van der Waals surface area contributed by atoms with Gasteiger partial charge in [-0.3, -0.25) is 9.59 Å². The van der Waals surface area contributed by atoms with Gasteiger partial charge in [-0.25, -0.2) is 0 Å². The highest BCUT2D eigenvalue weighted by molar-refractivity contribution is 5.89. The van der Waals surface area contributed by atoms with Crippen molar-refractivity contribution in [3.63, 3.8) is 0 Å². The van der Waals surface area contributed by atoms with Crippen LogP contribution in [0.25, 0.3) is 0 Å². The van der Waals surface area contributed by atoms with Crippen molar-refractivity contribution >= 4 is 11.8 Å². The Morgan fingerprint density at radius 3 is 2.59 bits per heavy atom. The average molecular weight is 238 g/mol. The first-order chi connectivity index (χ1) is 7.99. The van der Waals surface area contributed by atoms with Gasteiger partial charge in [0.15, 0.2) is 0 Å². The third kappa shape index (κ3) is 3.32. The van der Waals surface area contributed by atoms with E-state index in [2.05, 4.69) is 6.58 Å². The molecule has 96 valence electrons. The zero-order valence-corrected chi connectivity index (χ0v) is 11.0. The molecule has 1 atom stereocenters. The van der Waals surface area contributed by atoms with Crippen molar-refractivity contribution in [2.45, 2.75) is 27.2 Å². The molecule has 2 amide bonds. The van der Waals surface area contributed by atoms with Crippen LogP contribution in [0.5, 0.6) is 0 Å². The van der Waals surface area contributed by atoms with Crippen LogP contribution in [0.1, 0.15) is 27.2 Å². The molecule has 0 saturated carbocycles. The van der Waals surface area contributed by atoms with E-state index in [9.17, 15) is 9.59 Å². The number of amides is 2. The molecule has 1 aliphatic rings. The van der Waals surface area contributed by atoms with Crippen LogP contribution in [0.4, 0.5) is 0 Å². The van der Waals surface area contributed by atoms with Crippen molar-refractivity contribution in [3.8, 4) is 0 Å². The van der Waals surface area contributed by atoms with Gasteiger partial charge >= 0.3 is 0 Å². The Morgan fingerprint density at radius 1 is 1.53 bits per heavy atom. The monoisotopic (exact) mass is 238 g/mol. The summed E-state index contributed by atoms with van der Waals surface area (Å²) in [5, 5.41) is 0. The normalized spacial score (nSPS) is 19.6. The molecular formula is C13H22N2O2. The van der Waals surface area contributed by atoms with Crippen LogP contribution in [0, 0.1) is 5.92 Å². The molecule has 0 radical (unpaired) electrons. The van der Waals surface area contributed by atoms with Gasteiger partial charge in [-0.05, 0) is 20.8 Å². The van der Waals surface area contributed by atoms with Crippen LogP contribution < -0.4 is 0 Å². The van der Waals surface area contributed by atoms with E-state index in [4.69, 9.17) is 0 Å². The van der Waals surface area contributed by atoms with Crippen molar-refractivity contribution in [2.24, 2.45) is 5.92 Å². The molecule has 1 aliphatic heterocycles. The first kappa shape index (κ1) is 13.7. The van der Waals surface area contributed by atoms with Crippen molar-refractivity contribution in [2.75, 3.05) is 26.2 Å². The van der Waals surface area contributed by atoms with Gasteiger partial charge in [0, 0.05) is 32.6 Å². The molecule has 0 unspecified atom stereocenters. The maximum Gasteiger partial charge on any atom is 0.228 e. The summed E-state index contributed by atoms with van der Waals surface area (Å²) < 4.78 is 0. The summed E-state index contributed by atoms with van der Waals surface area (Å²) in [4.78, 5) is 27.3. The molecule has 0 N–H and O–H groups in total. The van der Waals surface area contributed by atoms with Crippen LogP contribution in [-0.2, 0) is 9.59 Å². The van der Waals surface area contributed by atoms with Gasteiger partial charge in [-0.1, -0.05) is 12.2 Å². The molecule has 4 nitrogen and oxygen atoms in total. The van der Waals surface area contributed by atoms with E-state index < -0.39 is 0 Å². The molecule has 4 heteroatoms. The maximum atomic E-state index is 12.2. The molecule has 0 aliphatic carbocycles. The fourth-order valence-electron chi connectivity index (χ4n) is 2.17. The standard InChI is InChI=1S/C13H22N2O2/c1-5-14-9-11(7-12(14)16)13(17)15(6-2)8-10(3)4/h11H,3,5-9H2,1-2,4H3/t11-/m1/s1. The zero-order chi connectivity index (χ0) is 13.0. The summed E-state index contributed by atoms with van der Waals surface area (Å²) in [6.07, 6.45) is 0.360. The quantitative estimate of drug-likeness (QED) is 0.677. The Labute approximate surface area is 103 Å². The molecule has 1 saturated heterocycles. The summed E-state index contributed by atoms with van der Waals surface area (Å²) in [6, 6.07) is 0. The maximum absolute atomic E-state index is 12.2. The second kappa shape index (κ2) is 5.84. The SMILES string of the molecule is C=C(C)CN(CC)C(=O)[C@@H]1CC(=O)N(CC)C1. The topological polar surface area (TPSA) is 40.6 Å².